The Morgan fingerprint density at radius 1 is 1.31 bits per heavy atom. The number of thioether (sulfide) groups is 1. The number of hydrogen-bond acceptors (Lipinski definition) is 8. The van der Waals surface area contributed by atoms with Gasteiger partial charge in [0.15, 0.2) is 6.61 Å². The number of carbonyl (C=O) groups excluding carboxylic acids is 2. The van der Waals surface area contributed by atoms with Crippen LogP contribution in [0.2, 0.25) is 0 Å². The molecule has 0 saturated carbocycles. The van der Waals surface area contributed by atoms with Crippen LogP contribution in [0.3, 0.4) is 0 Å². The van der Waals surface area contributed by atoms with E-state index >= 15 is 0 Å². The highest BCUT2D eigenvalue weighted by Gasteiger charge is 2.30. The van der Waals surface area contributed by atoms with E-state index in [0.717, 1.165) is 12.0 Å². The van der Waals surface area contributed by atoms with E-state index in [1.54, 1.807) is 24.8 Å². The fourth-order valence-corrected chi connectivity index (χ4v) is 4.21. The van der Waals surface area contributed by atoms with E-state index in [1.807, 2.05) is 20.1 Å². The van der Waals surface area contributed by atoms with Gasteiger partial charge in [0.25, 0.3) is 5.91 Å². The summed E-state index contributed by atoms with van der Waals surface area (Å²) in [5.74, 6) is 0.697. The first-order valence-corrected chi connectivity index (χ1v) is 11.8. The van der Waals surface area contributed by atoms with Crippen molar-refractivity contribution < 1.29 is 28.2 Å². The van der Waals surface area contributed by atoms with Crippen molar-refractivity contribution in [2.45, 2.75) is 51.7 Å². The molecule has 0 fully saturated rings. The number of benzene rings is 1. The van der Waals surface area contributed by atoms with Crippen molar-refractivity contribution in [2.75, 3.05) is 25.7 Å². The van der Waals surface area contributed by atoms with Gasteiger partial charge in [0.05, 0.1) is 12.5 Å². The average molecular weight is 464 g/mol. The fraction of sp³-hybridized carbons (Fsp3) is 0.522. The van der Waals surface area contributed by atoms with Crippen molar-refractivity contribution in [3.8, 4) is 11.5 Å². The number of methoxy groups -OCH3 is 1. The molecule has 1 N–H and O–H groups in total. The smallest absolute Gasteiger partial charge is 0.336 e. The maximum absolute atomic E-state index is 12.5. The van der Waals surface area contributed by atoms with Crippen molar-refractivity contribution >= 4 is 34.6 Å². The topological polar surface area (TPSA) is 104 Å². The molecular weight excluding hydrogens is 434 g/mol. The zero-order valence-electron chi connectivity index (χ0n) is 19.0. The van der Waals surface area contributed by atoms with Gasteiger partial charge in [-0.2, -0.15) is 11.8 Å². The third-order valence-electron chi connectivity index (χ3n) is 5.39. The van der Waals surface area contributed by atoms with Crippen LogP contribution in [0, 0.1) is 6.92 Å². The molecule has 174 valence electrons. The number of fused-ring (bicyclic) bond motifs is 3. The Morgan fingerprint density at radius 3 is 2.75 bits per heavy atom. The van der Waals surface area contributed by atoms with Crippen LogP contribution in [0.4, 0.5) is 0 Å². The molecule has 0 saturated heterocycles. The first-order chi connectivity index (χ1) is 15.1. The largest absolute Gasteiger partial charge is 0.487 e. The molecule has 1 amide bonds. The molecule has 2 aromatic rings. The number of carbonyl (C=O) groups is 2. The number of esters is 1. The normalized spacial score (nSPS) is 15.4. The highest BCUT2D eigenvalue weighted by Crippen LogP contribution is 2.42. The second-order valence-corrected chi connectivity index (χ2v) is 9.36. The van der Waals surface area contributed by atoms with Crippen molar-refractivity contribution in [1.82, 2.24) is 5.32 Å². The van der Waals surface area contributed by atoms with E-state index in [2.05, 4.69) is 5.32 Å². The number of nitrogens with one attached hydrogen (secondary N) is 1. The highest BCUT2D eigenvalue weighted by molar-refractivity contribution is 7.98. The lowest BCUT2D eigenvalue weighted by molar-refractivity contribution is -0.145. The van der Waals surface area contributed by atoms with Gasteiger partial charge in [0.2, 0.25) is 0 Å². The summed E-state index contributed by atoms with van der Waals surface area (Å²) in [6.45, 7) is 5.45. The number of amides is 1. The predicted molar refractivity (Wildman–Crippen MR) is 123 cm³/mol. The average Bonchev–Trinajstić information content (AvgIpc) is 2.72. The fourth-order valence-electron chi connectivity index (χ4n) is 3.74. The Balaban J connectivity index is 1.88. The monoisotopic (exact) mass is 463 g/mol. The van der Waals surface area contributed by atoms with Gasteiger partial charge in [-0.15, -0.1) is 0 Å². The number of aryl methyl sites for hydroxylation is 2. The van der Waals surface area contributed by atoms with Crippen LogP contribution in [0.5, 0.6) is 11.5 Å². The van der Waals surface area contributed by atoms with E-state index in [1.165, 1.54) is 13.2 Å². The summed E-state index contributed by atoms with van der Waals surface area (Å²) >= 11 is 1.57. The zero-order chi connectivity index (χ0) is 23.5. The molecule has 3 rings (SSSR count). The van der Waals surface area contributed by atoms with Crippen LogP contribution in [0.1, 0.15) is 37.8 Å². The molecule has 1 aliphatic rings. The number of hydrogen-bond donors (Lipinski definition) is 1. The lowest BCUT2D eigenvalue weighted by Gasteiger charge is -2.33. The number of ether oxygens (including phenoxy) is 3. The summed E-state index contributed by atoms with van der Waals surface area (Å²) in [6.07, 6.45) is 3.85. The Bertz CT molecular complexity index is 1080. The lowest BCUT2D eigenvalue weighted by atomic mass is 9.92. The molecule has 2 heterocycles. The first-order valence-electron chi connectivity index (χ1n) is 10.4. The summed E-state index contributed by atoms with van der Waals surface area (Å²) < 4.78 is 22.3. The Morgan fingerprint density at radius 2 is 2.06 bits per heavy atom. The Kier molecular flexibility index (Phi) is 7.38. The SMILES string of the molecule is COC(=O)[C@@H](CCSC)NC(=O)COc1cc2c(c3oc(=O)cc(C)c13)CCC(C)(C)O2. The van der Waals surface area contributed by atoms with E-state index in [0.29, 0.717) is 46.6 Å². The second-order valence-electron chi connectivity index (χ2n) is 8.38. The molecule has 8 nitrogen and oxygen atoms in total. The minimum atomic E-state index is -0.743. The molecule has 1 aromatic carbocycles. The van der Waals surface area contributed by atoms with Crippen LogP contribution >= 0.6 is 11.8 Å². The van der Waals surface area contributed by atoms with Gasteiger partial charge >= 0.3 is 11.6 Å². The van der Waals surface area contributed by atoms with E-state index in [9.17, 15) is 14.4 Å². The second kappa shape index (κ2) is 9.85. The van der Waals surface area contributed by atoms with Crippen molar-refractivity contribution in [3.63, 3.8) is 0 Å². The van der Waals surface area contributed by atoms with Gasteiger partial charge in [-0.3, -0.25) is 4.79 Å². The maximum atomic E-state index is 12.5. The lowest BCUT2D eigenvalue weighted by Crippen LogP contribution is -2.43. The van der Waals surface area contributed by atoms with Gasteiger partial charge in [-0.1, -0.05) is 0 Å². The summed E-state index contributed by atoms with van der Waals surface area (Å²) in [4.78, 5) is 36.5. The third-order valence-corrected chi connectivity index (χ3v) is 6.04. The molecule has 0 aliphatic carbocycles. The molecule has 1 atom stereocenters. The Hall–Kier alpha value is -2.68. The highest BCUT2D eigenvalue weighted by atomic mass is 32.2. The predicted octanol–water partition coefficient (Wildman–Crippen LogP) is 2.99. The molecule has 0 bridgehead atoms. The maximum Gasteiger partial charge on any atom is 0.336 e. The summed E-state index contributed by atoms with van der Waals surface area (Å²) in [5.41, 5.74) is 1.11. The van der Waals surface area contributed by atoms with E-state index < -0.39 is 23.5 Å². The standard InChI is InChI=1S/C23H29NO7S/c1-13-10-19(26)30-21-14-6-8-23(2,3)31-16(14)11-17(20(13)21)29-12-18(25)24-15(7-9-32-5)22(27)28-4/h10-11,15H,6-9,12H2,1-5H3,(H,24,25)/t15-/m1/s1. The molecule has 1 aromatic heterocycles. The molecule has 0 spiro atoms. The van der Waals surface area contributed by atoms with Crippen LogP contribution in [-0.2, 0) is 20.7 Å². The van der Waals surface area contributed by atoms with Crippen LogP contribution < -0.4 is 20.4 Å². The van der Waals surface area contributed by atoms with Crippen molar-refractivity contribution in [2.24, 2.45) is 0 Å². The minimum Gasteiger partial charge on any atom is -0.487 e. The molecule has 0 unspecified atom stereocenters. The van der Waals surface area contributed by atoms with Gasteiger partial charge in [-0.05, 0) is 57.6 Å². The first kappa shape index (κ1) is 24.0. The van der Waals surface area contributed by atoms with Crippen LogP contribution in [-0.4, -0.2) is 49.2 Å². The van der Waals surface area contributed by atoms with Crippen LogP contribution in [0.15, 0.2) is 21.3 Å². The summed E-state index contributed by atoms with van der Waals surface area (Å²) in [6, 6.07) is 2.39. The molecule has 9 heteroatoms. The van der Waals surface area contributed by atoms with E-state index in [-0.39, 0.29) is 12.2 Å². The quantitative estimate of drug-likeness (QED) is 0.471. The summed E-state index contributed by atoms with van der Waals surface area (Å²) in [5, 5.41) is 3.29. The minimum absolute atomic E-state index is 0.317. The number of rotatable bonds is 8. The molecule has 1 aliphatic heterocycles. The molecule has 32 heavy (non-hydrogen) atoms. The van der Waals surface area contributed by atoms with Crippen LogP contribution in [0.25, 0.3) is 11.0 Å². The van der Waals surface area contributed by atoms with Gasteiger partial charge < -0.3 is 23.9 Å². The van der Waals surface area contributed by atoms with Crippen molar-refractivity contribution in [1.29, 1.82) is 0 Å². The summed E-state index contributed by atoms with van der Waals surface area (Å²) in [7, 11) is 1.29. The Labute approximate surface area is 191 Å². The van der Waals surface area contributed by atoms with Crippen molar-refractivity contribution in [3.05, 3.63) is 33.7 Å². The molecular formula is C23H29NO7S. The van der Waals surface area contributed by atoms with Gasteiger partial charge in [0, 0.05) is 17.7 Å². The third kappa shape index (κ3) is 5.38. The van der Waals surface area contributed by atoms with E-state index in [4.69, 9.17) is 18.6 Å². The van der Waals surface area contributed by atoms with Gasteiger partial charge in [0.1, 0.15) is 28.7 Å². The van der Waals surface area contributed by atoms with Gasteiger partial charge in [-0.25, -0.2) is 9.59 Å². The zero-order valence-corrected chi connectivity index (χ0v) is 19.9. The molecule has 0 radical (unpaired) electrons.